The first-order valence-corrected chi connectivity index (χ1v) is 8.49. The normalized spacial score (nSPS) is 23.9. The van der Waals surface area contributed by atoms with Gasteiger partial charge in [-0.3, -0.25) is 0 Å². The molecule has 1 aromatic rings. The standard InChI is InChI=1S/C15H21Si/c1-14(2,3)15(16(4)5)11-10-12-8-6-7-9-13(12)15/h6-11H,1-5H3. The minimum Gasteiger partial charge on any atom is -0.0758 e. The molecule has 0 fully saturated rings. The third-order valence-corrected chi connectivity index (χ3v) is 6.63. The minimum absolute atomic E-state index is 0.286. The fourth-order valence-electron chi connectivity index (χ4n) is 3.15. The molecule has 1 aliphatic carbocycles. The number of rotatable bonds is 1. The number of benzene rings is 1. The van der Waals surface area contributed by atoms with E-state index < -0.39 is 8.80 Å². The van der Waals surface area contributed by atoms with Crippen LogP contribution in [0.2, 0.25) is 13.1 Å². The number of hydrogen-bond acceptors (Lipinski definition) is 0. The van der Waals surface area contributed by atoms with E-state index in [1.54, 1.807) is 5.56 Å². The van der Waals surface area contributed by atoms with Crippen molar-refractivity contribution in [2.24, 2.45) is 5.41 Å². The van der Waals surface area contributed by atoms with Crippen molar-refractivity contribution in [1.82, 2.24) is 0 Å². The Bertz CT molecular complexity index is 423. The van der Waals surface area contributed by atoms with Crippen LogP contribution in [0.25, 0.3) is 6.08 Å². The first kappa shape index (κ1) is 11.7. The summed E-state index contributed by atoms with van der Waals surface area (Å²) in [6.07, 6.45) is 4.78. The van der Waals surface area contributed by atoms with Crippen molar-refractivity contribution in [3.05, 3.63) is 41.5 Å². The molecule has 0 aliphatic heterocycles. The summed E-state index contributed by atoms with van der Waals surface area (Å²) in [5.74, 6) is 0. The summed E-state index contributed by atoms with van der Waals surface area (Å²) in [7, 11) is -0.427. The van der Waals surface area contributed by atoms with E-state index in [0.717, 1.165) is 0 Å². The quantitative estimate of drug-likeness (QED) is 0.630. The smallest absolute Gasteiger partial charge is 0.0596 e. The van der Waals surface area contributed by atoms with Crippen LogP contribution in [0.15, 0.2) is 30.3 Å². The summed E-state index contributed by atoms with van der Waals surface area (Å²) in [5, 5.41) is 0.286. The first-order valence-electron chi connectivity index (χ1n) is 5.99. The predicted molar refractivity (Wildman–Crippen MR) is 74.1 cm³/mol. The SMILES string of the molecule is C[Si](C)C1(C(C)(C)C)C=Cc2ccccc21. The molecule has 85 valence electrons. The maximum Gasteiger partial charge on any atom is 0.0596 e. The lowest BCUT2D eigenvalue weighted by molar-refractivity contribution is 0.321. The lowest BCUT2D eigenvalue weighted by Gasteiger charge is -2.44. The summed E-state index contributed by atoms with van der Waals surface area (Å²) in [4.78, 5) is 0. The Morgan fingerprint density at radius 2 is 1.69 bits per heavy atom. The van der Waals surface area contributed by atoms with Crippen molar-refractivity contribution in [3.8, 4) is 0 Å². The van der Waals surface area contributed by atoms with Gasteiger partial charge in [0.1, 0.15) is 0 Å². The molecule has 1 radical (unpaired) electrons. The average molecular weight is 229 g/mol. The van der Waals surface area contributed by atoms with Gasteiger partial charge >= 0.3 is 0 Å². The number of allylic oxidation sites excluding steroid dienone is 1. The Kier molecular flexibility index (Phi) is 2.62. The Morgan fingerprint density at radius 3 is 2.25 bits per heavy atom. The molecule has 1 unspecified atom stereocenters. The summed E-state index contributed by atoms with van der Waals surface area (Å²) in [5.41, 5.74) is 3.26. The molecule has 0 amide bonds. The second-order valence-corrected chi connectivity index (χ2v) is 8.77. The van der Waals surface area contributed by atoms with Gasteiger partial charge in [-0.2, -0.15) is 0 Å². The summed E-state index contributed by atoms with van der Waals surface area (Å²) in [6, 6.07) is 8.87. The van der Waals surface area contributed by atoms with Gasteiger partial charge in [0.05, 0.1) is 8.80 Å². The van der Waals surface area contributed by atoms with Crippen LogP contribution in [0, 0.1) is 5.41 Å². The third kappa shape index (κ3) is 1.41. The van der Waals surface area contributed by atoms with Gasteiger partial charge in [-0.1, -0.05) is 70.3 Å². The van der Waals surface area contributed by atoms with Crippen LogP contribution in [0.5, 0.6) is 0 Å². The van der Waals surface area contributed by atoms with Gasteiger partial charge in [-0.25, -0.2) is 0 Å². The zero-order valence-corrected chi connectivity index (χ0v) is 12.0. The fraction of sp³-hybridized carbons (Fsp3) is 0.467. The highest BCUT2D eigenvalue weighted by atomic mass is 28.3. The van der Waals surface area contributed by atoms with Crippen LogP contribution >= 0.6 is 0 Å². The van der Waals surface area contributed by atoms with E-state index >= 15 is 0 Å². The molecule has 0 saturated carbocycles. The molecule has 0 nitrogen and oxygen atoms in total. The Labute approximate surface area is 101 Å². The molecule has 1 atom stereocenters. The molecule has 1 aromatic carbocycles. The number of hydrogen-bond donors (Lipinski definition) is 0. The zero-order valence-electron chi connectivity index (χ0n) is 11.0. The van der Waals surface area contributed by atoms with Crippen LogP contribution < -0.4 is 0 Å². The van der Waals surface area contributed by atoms with Gasteiger partial charge in [0.15, 0.2) is 0 Å². The lowest BCUT2D eigenvalue weighted by atomic mass is 9.76. The van der Waals surface area contributed by atoms with Crippen LogP contribution in [0.4, 0.5) is 0 Å². The van der Waals surface area contributed by atoms with Crippen molar-refractivity contribution in [2.45, 2.75) is 38.9 Å². The molecular weight excluding hydrogens is 208 g/mol. The van der Waals surface area contributed by atoms with Gasteiger partial charge in [0.2, 0.25) is 0 Å². The van der Waals surface area contributed by atoms with E-state index in [1.165, 1.54) is 5.56 Å². The van der Waals surface area contributed by atoms with E-state index in [2.05, 4.69) is 70.3 Å². The van der Waals surface area contributed by atoms with E-state index in [4.69, 9.17) is 0 Å². The summed E-state index contributed by atoms with van der Waals surface area (Å²) in [6.45, 7) is 12.0. The Morgan fingerprint density at radius 1 is 1.06 bits per heavy atom. The lowest BCUT2D eigenvalue weighted by Crippen LogP contribution is -2.47. The zero-order chi connectivity index (χ0) is 12.0. The Balaban J connectivity index is 2.66. The molecule has 16 heavy (non-hydrogen) atoms. The van der Waals surface area contributed by atoms with Gasteiger partial charge in [0, 0.05) is 5.04 Å². The van der Waals surface area contributed by atoms with E-state index in [0.29, 0.717) is 5.41 Å². The average Bonchev–Trinajstić information content (AvgIpc) is 2.56. The van der Waals surface area contributed by atoms with Gasteiger partial charge in [-0.15, -0.1) is 0 Å². The maximum absolute atomic E-state index is 2.46. The molecule has 1 aliphatic rings. The summed E-state index contributed by atoms with van der Waals surface area (Å²) >= 11 is 0. The fourth-order valence-corrected chi connectivity index (χ4v) is 5.83. The van der Waals surface area contributed by atoms with Crippen molar-refractivity contribution in [3.63, 3.8) is 0 Å². The molecule has 0 heterocycles. The highest BCUT2D eigenvalue weighted by Crippen LogP contribution is 2.49. The molecule has 0 N–H and O–H groups in total. The molecule has 2 rings (SSSR count). The van der Waals surface area contributed by atoms with Crippen LogP contribution in [-0.2, 0) is 5.04 Å². The molecular formula is C15H21Si. The van der Waals surface area contributed by atoms with Crippen LogP contribution in [0.1, 0.15) is 31.9 Å². The molecule has 0 saturated heterocycles. The van der Waals surface area contributed by atoms with Crippen molar-refractivity contribution in [1.29, 1.82) is 0 Å². The molecule has 0 spiro atoms. The van der Waals surface area contributed by atoms with E-state index in [-0.39, 0.29) is 5.04 Å². The summed E-state index contributed by atoms with van der Waals surface area (Å²) < 4.78 is 0. The Hall–Kier alpha value is -0.823. The second-order valence-electron chi connectivity index (χ2n) is 5.98. The number of fused-ring (bicyclic) bond motifs is 1. The molecule has 0 bridgehead atoms. The minimum atomic E-state index is -0.427. The first-order chi connectivity index (χ1) is 7.39. The monoisotopic (exact) mass is 229 g/mol. The van der Waals surface area contributed by atoms with Crippen molar-refractivity contribution < 1.29 is 0 Å². The van der Waals surface area contributed by atoms with Gasteiger partial charge in [-0.05, 0) is 16.5 Å². The maximum atomic E-state index is 2.46. The van der Waals surface area contributed by atoms with E-state index in [9.17, 15) is 0 Å². The predicted octanol–water partition coefficient (Wildman–Crippen LogP) is 4.29. The van der Waals surface area contributed by atoms with Gasteiger partial charge in [0.25, 0.3) is 0 Å². The topological polar surface area (TPSA) is 0 Å². The van der Waals surface area contributed by atoms with Crippen molar-refractivity contribution >= 4 is 14.9 Å². The van der Waals surface area contributed by atoms with E-state index in [1.807, 2.05) is 0 Å². The largest absolute Gasteiger partial charge is 0.0758 e. The van der Waals surface area contributed by atoms with Gasteiger partial charge < -0.3 is 0 Å². The third-order valence-electron chi connectivity index (χ3n) is 3.87. The van der Waals surface area contributed by atoms with Crippen LogP contribution in [0.3, 0.4) is 0 Å². The molecule has 1 heteroatoms. The highest BCUT2D eigenvalue weighted by Gasteiger charge is 2.47. The second kappa shape index (κ2) is 3.59. The highest BCUT2D eigenvalue weighted by molar-refractivity contribution is 6.60. The van der Waals surface area contributed by atoms with Crippen LogP contribution in [-0.4, -0.2) is 8.80 Å². The molecule has 0 aromatic heterocycles. The van der Waals surface area contributed by atoms with Crippen molar-refractivity contribution in [2.75, 3.05) is 0 Å².